The Kier molecular flexibility index (Phi) is 5.31. The molecule has 1 aromatic rings. The number of alkyl carbamates (subject to hydrolysis) is 1. The van der Waals surface area contributed by atoms with Crippen molar-refractivity contribution >= 4 is 12.1 Å². The van der Waals surface area contributed by atoms with Gasteiger partial charge in [0.25, 0.3) is 0 Å². The average Bonchev–Trinajstić information content (AvgIpc) is 2.75. The first-order valence-corrected chi connectivity index (χ1v) is 6.49. The Balaban J connectivity index is 2.88. The Morgan fingerprint density at radius 2 is 2.10 bits per heavy atom. The van der Waals surface area contributed by atoms with Gasteiger partial charge in [-0.2, -0.15) is 5.10 Å². The molecule has 1 aromatic heterocycles. The molecule has 1 heterocycles. The number of nitrogens with zero attached hydrogens (tertiary/aromatic N) is 2. The molecule has 0 aliphatic rings. The molecule has 0 aromatic carbocycles. The first-order valence-electron chi connectivity index (χ1n) is 6.49. The van der Waals surface area contributed by atoms with Gasteiger partial charge in [-0.1, -0.05) is 0 Å². The van der Waals surface area contributed by atoms with Gasteiger partial charge < -0.3 is 20.5 Å². The van der Waals surface area contributed by atoms with Crippen molar-refractivity contribution in [1.82, 2.24) is 15.1 Å². The van der Waals surface area contributed by atoms with Crippen LogP contribution in [0.1, 0.15) is 43.0 Å². The Hall–Kier alpha value is -2.09. The summed E-state index contributed by atoms with van der Waals surface area (Å²) >= 11 is 0. The number of esters is 1. The fourth-order valence-electron chi connectivity index (χ4n) is 1.72. The normalized spacial score (nSPS) is 12.7. The summed E-state index contributed by atoms with van der Waals surface area (Å²) in [5.41, 5.74) is 5.81. The van der Waals surface area contributed by atoms with E-state index in [1.54, 1.807) is 27.8 Å². The standard InChI is InChI=1S/C13H22N4O4/c1-13(2,3)21-12(19)15-9(7-14)10-6-8(11(18)20-5)16-17(10)4/h6,9H,7,14H2,1-5H3,(H,15,19). The fourth-order valence-corrected chi connectivity index (χ4v) is 1.72. The maximum atomic E-state index is 11.8. The van der Waals surface area contributed by atoms with E-state index in [0.717, 1.165) is 0 Å². The largest absolute Gasteiger partial charge is 0.464 e. The van der Waals surface area contributed by atoms with Crippen LogP contribution in [0.3, 0.4) is 0 Å². The predicted molar refractivity (Wildman–Crippen MR) is 75.7 cm³/mol. The second-order valence-corrected chi connectivity index (χ2v) is 5.50. The Morgan fingerprint density at radius 1 is 1.48 bits per heavy atom. The van der Waals surface area contributed by atoms with Gasteiger partial charge in [0.15, 0.2) is 5.69 Å². The summed E-state index contributed by atoms with van der Waals surface area (Å²) < 4.78 is 11.3. The van der Waals surface area contributed by atoms with Crippen molar-refractivity contribution in [3.05, 3.63) is 17.5 Å². The molecular formula is C13H22N4O4. The molecule has 0 fully saturated rings. The lowest BCUT2D eigenvalue weighted by molar-refractivity contribution is 0.0502. The molecular weight excluding hydrogens is 276 g/mol. The molecule has 21 heavy (non-hydrogen) atoms. The van der Waals surface area contributed by atoms with Gasteiger partial charge in [-0.3, -0.25) is 4.68 Å². The van der Waals surface area contributed by atoms with E-state index in [0.29, 0.717) is 5.69 Å². The van der Waals surface area contributed by atoms with Crippen LogP contribution in [-0.4, -0.2) is 41.1 Å². The number of hydrogen-bond acceptors (Lipinski definition) is 6. The predicted octanol–water partition coefficient (Wildman–Crippen LogP) is 0.731. The first kappa shape index (κ1) is 17.0. The molecule has 0 aliphatic heterocycles. The third-order valence-electron chi connectivity index (χ3n) is 2.59. The van der Waals surface area contributed by atoms with Crippen LogP contribution in [0.5, 0.6) is 0 Å². The van der Waals surface area contributed by atoms with Crippen molar-refractivity contribution in [2.24, 2.45) is 12.8 Å². The number of nitrogens with two attached hydrogens (primary N) is 1. The van der Waals surface area contributed by atoms with E-state index < -0.39 is 23.7 Å². The minimum atomic E-state index is -0.604. The third-order valence-corrected chi connectivity index (χ3v) is 2.59. The zero-order valence-electron chi connectivity index (χ0n) is 13.0. The zero-order chi connectivity index (χ0) is 16.2. The van der Waals surface area contributed by atoms with E-state index in [4.69, 9.17) is 10.5 Å². The molecule has 1 amide bonds. The molecule has 3 N–H and O–H groups in total. The van der Waals surface area contributed by atoms with Gasteiger partial charge in [0, 0.05) is 13.6 Å². The van der Waals surface area contributed by atoms with Crippen LogP contribution in [0, 0.1) is 0 Å². The van der Waals surface area contributed by atoms with Crippen LogP contribution in [0.25, 0.3) is 0 Å². The molecule has 0 saturated carbocycles. The molecule has 8 heteroatoms. The number of rotatable bonds is 4. The summed E-state index contributed by atoms with van der Waals surface area (Å²) in [6.07, 6.45) is -0.584. The number of nitrogens with one attached hydrogen (secondary N) is 1. The van der Waals surface area contributed by atoms with Gasteiger partial charge >= 0.3 is 12.1 Å². The molecule has 0 saturated heterocycles. The lowest BCUT2D eigenvalue weighted by Gasteiger charge is -2.23. The van der Waals surface area contributed by atoms with Crippen molar-refractivity contribution in [1.29, 1.82) is 0 Å². The fraction of sp³-hybridized carbons (Fsp3) is 0.615. The summed E-state index contributed by atoms with van der Waals surface area (Å²) in [7, 11) is 2.93. The number of amides is 1. The number of hydrogen-bond donors (Lipinski definition) is 2. The lowest BCUT2D eigenvalue weighted by Crippen LogP contribution is -2.38. The van der Waals surface area contributed by atoms with Crippen molar-refractivity contribution in [3.8, 4) is 0 Å². The number of carbonyl (C=O) groups is 2. The minimum Gasteiger partial charge on any atom is -0.464 e. The Labute approximate surface area is 123 Å². The molecule has 0 aliphatic carbocycles. The summed E-state index contributed by atoms with van der Waals surface area (Å²) in [6.45, 7) is 5.44. The average molecular weight is 298 g/mol. The van der Waals surface area contributed by atoms with E-state index in [2.05, 4.69) is 15.2 Å². The maximum absolute atomic E-state index is 11.8. The third kappa shape index (κ3) is 4.75. The topological polar surface area (TPSA) is 108 Å². The summed E-state index contributed by atoms with van der Waals surface area (Å²) in [4.78, 5) is 23.3. The highest BCUT2D eigenvalue weighted by Crippen LogP contribution is 2.15. The van der Waals surface area contributed by atoms with Crippen LogP contribution in [0.15, 0.2) is 6.07 Å². The van der Waals surface area contributed by atoms with Crippen molar-refractivity contribution in [2.45, 2.75) is 32.4 Å². The highest BCUT2D eigenvalue weighted by molar-refractivity contribution is 5.87. The van der Waals surface area contributed by atoms with Crippen molar-refractivity contribution in [2.75, 3.05) is 13.7 Å². The number of carbonyl (C=O) groups excluding carboxylic acids is 2. The second kappa shape index (κ2) is 6.57. The number of ether oxygens (including phenoxy) is 2. The van der Waals surface area contributed by atoms with Crippen LogP contribution >= 0.6 is 0 Å². The zero-order valence-corrected chi connectivity index (χ0v) is 13.0. The van der Waals surface area contributed by atoms with Gasteiger partial charge in [0.1, 0.15) is 5.60 Å². The smallest absolute Gasteiger partial charge is 0.408 e. The molecule has 1 unspecified atom stereocenters. The molecule has 1 rings (SSSR count). The maximum Gasteiger partial charge on any atom is 0.408 e. The molecule has 1 atom stereocenters. The molecule has 0 radical (unpaired) electrons. The Morgan fingerprint density at radius 3 is 2.57 bits per heavy atom. The first-order chi connectivity index (χ1) is 9.67. The van der Waals surface area contributed by atoms with Crippen molar-refractivity contribution < 1.29 is 19.1 Å². The van der Waals surface area contributed by atoms with Gasteiger partial charge in [-0.05, 0) is 26.8 Å². The van der Waals surface area contributed by atoms with E-state index in [1.807, 2.05) is 0 Å². The second-order valence-electron chi connectivity index (χ2n) is 5.50. The molecule has 118 valence electrons. The van der Waals surface area contributed by atoms with Crippen LogP contribution < -0.4 is 11.1 Å². The monoisotopic (exact) mass is 298 g/mol. The van der Waals surface area contributed by atoms with Gasteiger partial charge in [-0.15, -0.1) is 0 Å². The Bertz CT molecular complexity index is 519. The lowest BCUT2D eigenvalue weighted by atomic mass is 10.2. The van der Waals surface area contributed by atoms with E-state index in [9.17, 15) is 9.59 Å². The molecule has 8 nitrogen and oxygen atoms in total. The van der Waals surface area contributed by atoms with E-state index >= 15 is 0 Å². The molecule has 0 spiro atoms. The van der Waals surface area contributed by atoms with Crippen molar-refractivity contribution in [3.63, 3.8) is 0 Å². The number of methoxy groups -OCH3 is 1. The van der Waals surface area contributed by atoms with Gasteiger partial charge in [-0.25, -0.2) is 9.59 Å². The van der Waals surface area contributed by atoms with E-state index in [-0.39, 0.29) is 12.2 Å². The SMILES string of the molecule is COC(=O)c1cc(C(CN)NC(=O)OC(C)(C)C)n(C)n1. The van der Waals surface area contributed by atoms with E-state index in [1.165, 1.54) is 17.9 Å². The minimum absolute atomic E-state index is 0.138. The molecule has 0 bridgehead atoms. The highest BCUT2D eigenvalue weighted by atomic mass is 16.6. The quantitative estimate of drug-likeness (QED) is 0.793. The van der Waals surface area contributed by atoms with Crippen LogP contribution in [0.4, 0.5) is 4.79 Å². The summed E-state index contributed by atoms with van der Waals surface area (Å²) in [6, 6.07) is 1.01. The summed E-state index contributed by atoms with van der Waals surface area (Å²) in [5, 5.41) is 6.68. The number of aryl methyl sites for hydroxylation is 1. The number of aromatic nitrogens is 2. The van der Waals surface area contributed by atoms with Crippen LogP contribution in [0.2, 0.25) is 0 Å². The van der Waals surface area contributed by atoms with Gasteiger partial charge in [0.05, 0.1) is 18.8 Å². The highest BCUT2D eigenvalue weighted by Gasteiger charge is 2.23. The summed E-state index contributed by atoms with van der Waals surface area (Å²) in [5.74, 6) is -0.551. The van der Waals surface area contributed by atoms with Crippen LogP contribution in [-0.2, 0) is 16.5 Å². The van der Waals surface area contributed by atoms with Gasteiger partial charge in [0.2, 0.25) is 0 Å².